The van der Waals surface area contributed by atoms with Gasteiger partial charge < -0.3 is 5.32 Å². The maximum absolute atomic E-state index is 13.3. The minimum atomic E-state index is -3.88. The molecule has 0 aliphatic heterocycles. The van der Waals surface area contributed by atoms with Crippen LogP contribution in [0.1, 0.15) is 25.0 Å². The van der Waals surface area contributed by atoms with Crippen LogP contribution in [0.5, 0.6) is 0 Å². The molecule has 0 radical (unpaired) electrons. The monoisotopic (exact) mass is 463 g/mol. The van der Waals surface area contributed by atoms with Crippen molar-refractivity contribution in [2.75, 3.05) is 5.32 Å². The molecule has 0 saturated carbocycles. The average Bonchev–Trinajstić information content (AvgIpc) is 3.47. The molecule has 0 aliphatic carbocycles. The molecule has 0 saturated heterocycles. The summed E-state index contributed by atoms with van der Waals surface area (Å²) in [7, 11) is -3.88. The van der Waals surface area contributed by atoms with Gasteiger partial charge in [-0.15, -0.1) is 16.4 Å². The van der Waals surface area contributed by atoms with Crippen molar-refractivity contribution in [2.24, 2.45) is 0 Å². The zero-order valence-corrected chi connectivity index (χ0v) is 19.2. The van der Waals surface area contributed by atoms with E-state index < -0.39 is 9.84 Å². The number of nitrogens with one attached hydrogen (secondary N) is 1. The Kier molecular flexibility index (Phi) is 5.15. The predicted molar refractivity (Wildman–Crippen MR) is 127 cm³/mol. The second-order valence-corrected chi connectivity index (χ2v) is 10.2. The fraction of sp³-hybridized carbons (Fsp3) is 0.174. The first-order valence-corrected chi connectivity index (χ1v) is 12.7. The number of nitrogens with zero attached hydrogens (tertiary/aromatic N) is 4. The molecule has 9 heteroatoms. The number of aryl methyl sites for hydroxylation is 2. The third-order valence-electron chi connectivity index (χ3n) is 5.44. The van der Waals surface area contributed by atoms with Crippen LogP contribution in [0.2, 0.25) is 0 Å². The van der Waals surface area contributed by atoms with Gasteiger partial charge in [0.05, 0.1) is 15.1 Å². The molecule has 0 atom stereocenters. The minimum absolute atomic E-state index is 0.153. The van der Waals surface area contributed by atoms with E-state index in [4.69, 9.17) is 0 Å². The van der Waals surface area contributed by atoms with E-state index in [1.165, 1.54) is 21.4 Å². The Labute approximate surface area is 189 Å². The number of benzene rings is 2. The lowest BCUT2D eigenvalue weighted by Gasteiger charge is -2.09. The smallest absolute Gasteiger partial charge is 0.229 e. The SMILES string of the molecule is CCc1ccc(Nc2nc3c(S(=O)(=O)c4ccc(CC)cc4)nnn3c3ccsc23)cc1. The normalized spacial score (nSPS) is 11.9. The van der Waals surface area contributed by atoms with Crippen LogP contribution >= 0.6 is 11.3 Å². The van der Waals surface area contributed by atoms with Gasteiger partial charge in [0.1, 0.15) is 0 Å². The topological polar surface area (TPSA) is 89.2 Å². The van der Waals surface area contributed by atoms with Crippen LogP contribution in [0.3, 0.4) is 0 Å². The molecule has 0 aliphatic rings. The van der Waals surface area contributed by atoms with Gasteiger partial charge in [-0.2, -0.15) is 4.52 Å². The summed E-state index contributed by atoms with van der Waals surface area (Å²) in [5.41, 5.74) is 4.13. The van der Waals surface area contributed by atoms with E-state index in [0.717, 1.165) is 34.3 Å². The number of rotatable bonds is 6. The zero-order chi connectivity index (χ0) is 22.3. The molecule has 7 nitrogen and oxygen atoms in total. The molecule has 1 N–H and O–H groups in total. The molecule has 5 aromatic rings. The Hall–Kier alpha value is -3.30. The van der Waals surface area contributed by atoms with Gasteiger partial charge in [-0.05, 0) is 59.7 Å². The highest BCUT2D eigenvalue weighted by Gasteiger charge is 2.27. The van der Waals surface area contributed by atoms with Crippen molar-refractivity contribution in [3.05, 3.63) is 71.1 Å². The van der Waals surface area contributed by atoms with E-state index in [9.17, 15) is 8.42 Å². The minimum Gasteiger partial charge on any atom is -0.339 e. The van der Waals surface area contributed by atoms with Crippen molar-refractivity contribution < 1.29 is 8.42 Å². The van der Waals surface area contributed by atoms with Crippen molar-refractivity contribution in [3.63, 3.8) is 0 Å². The number of anilines is 2. The zero-order valence-electron chi connectivity index (χ0n) is 17.6. The van der Waals surface area contributed by atoms with Crippen molar-refractivity contribution in [1.29, 1.82) is 0 Å². The summed E-state index contributed by atoms with van der Waals surface area (Å²) >= 11 is 1.51. The molecule has 3 aromatic heterocycles. The molecule has 0 amide bonds. The molecule has 3 heterocycles. The highest BCUT2D eigenvalue weighted by Crippen LogP contribution is 2.32. The molecule has 5 rings (SSSR count). The molecule has 0 unspecified atom stereocenters. The Morgan fingerprint density at radius 3 is 2.25 bits per heavy atom. The van der Waals surface area contributed by atoms with Gasteiger partial charge in [-0.3, -0.25) is 0 Å². The molecule has 162 valence electrons. The summed E-state index contributed by atoms with van der Waals surface area (Å²) in [4.78, 5) is 4.83. The van der Waals surface area contributed by atoms with Gasteiger partial charge >= 0.3 is 0 Å². The number of hydrogen-bond acceptors (Lipinski definition) is 7. The fourth-order valence-electron chi connectivity index (χ4n) is 3.56. The third-order valence-corrected chi connectivity index (χ3v) is 8.02. The van der Waals surface area contributed by atoms with Crippen LogP contribution in [-0.2, 0) is 22.7 Å². The largest absolute Gasteiger partial charge is 0.339 e. The van der Waals surface area contributed by atoms with Crippen molar-refractivity contribution in [1.82, 2.24) is 19.8 Å². The number of sulfone groups is 1. The highest BCUT2D eigenvalue weighted by atomic mass is 32.2. The summed E-state index contributed by atoms with van der Waals surface area (Å²) in [6.45, 7) is 4.13. The summed E-state index contributed by atoms with van der Waals surface area (Å²) in [5, 5.41) is 13.3. The van der Waals surface area contributed by atoms with E-state index in [1.807, 2.05) is 42.6 Å². The third kappa shape index (κ3) is 3.43. The second-order valence-electron chi connectivity index (χ2n) is 7.40. The quantitative estimate of drug-likeness (QED) is 0.379. The van der Waals surface area contributed by atoms with Crippen LogP contribution in [0.15, 0.2) is 69.9 Å². The van der Waals surface area contributed by atoms with Crippen LogP contribution in [0.4, 0.5) is 11.5 Å². The Morgan fingerprint density at radius 1 is 0.938 bits per heavy atom. The molecule has 2 aromatic carbocycles. The number of thiophene rings is 1. The van der Waals surface area contributed by atoms with E-state index in [-0.39, 0.29) is 15.6 Å². The highest BCUT2D eigenvalue weighted by molar-refractivity contribution is 7.91. The lowest BCUT2D eigenvalue weighted by molar-refractivity contribution is 0.592. The fourth-order valence-corrected chi connectivity index (χ4v) is 5.61. The first-order chi connectivity index (χ1) is 15.5. The molecule has 0 fully saturated rings. The molecule has 32 heavy (non-hydrogen) atoms. The van der Waals surface area contributed by atoms with Crippen molar-refractivity contribution in [3.8, 4) is 0 Å². The van der Waals surface area contributed by atoms with Gasteiger partial charge in [-0.25, -0.2) is 13.4 Å². The average molecular weight is 464 g/mol. The maximum Gasteiger partial charge on any atom is 0.229 e. The summed E-state index contributed by atoms with van der Waals surface area (Å²) in [5.74, 6) is 0.576. The first-order valence-electron chi connectivity index (χ1n) is 10.3. The van der Waals surface area contributed by atoms with Crippen LogP contribution in [0, 0.1) is 0 Å². The lowest BCUT2D eigenvalue weighted by Crippen LogP contribution is -2.05. The summed E-state index contributed by atoms with van der Waals surface area (Å²) in [6.07, 6.45) is 1.79. The van der Waals surface area contributed by atoms with Gasteiger partial charge in [0.2, 0.25) is 14.9 Å². The van der Waals surface area contributed by atoms with Crippen molar-refractivity contribution in [2.45, 2.75) is 36.6 Å². The van der Waals surface area contributed by atoms with Gasteiger partial charge in [0.25, 0.3) is 0 Å². The number of fused-ring (bicyclic) bond motifs is 3. The van der Waals surface area contributed by atoms with Gasteiger partial charge in [-0.1, -0.05) is 43.3 Å². The Bertz CT molecular complexity index is 1520. The van der Waals surface area contributed by atoms with Crippen LogP contribution < -0.4 is 5.32 Å². The second kappa shape index (κ2) is 7.99. The van der Waals surface area contributed by atoms with Gasteiger partial charge in [0, 0.05) is 5.69 Å². The first kappa shape index (κ1) is 20.6. The standard InChI is InChI=1S/C23H21N5O2S2/c1-3-15-5-9-17(10-6-15)24-21-20-19(13-14-31-20)28-22(25-21)23(26-27-28)32(29,30)18-11-7-16(4-2)8-12-18/h5-14H,3-4H2,1-2H3,(H,24,25). The van der Waals surface area contributed by atoms with Crippen LogP contribution in [-0.4, -0.2) is 28.2 Å². The number of hydrogen-bond donors (Lipinski definition) is 1. The lowest BCUT2D eigenvalue weighted by atomic mass is 10.1. The van der Waals surface area contributed by atoms with Gasteiger partial charge in [0.15, 0.2) is 11.5 Å². The van der Waals surface area contributed by atoms with Crippen LogP contribution in [0.25, 0.3) is 15.9 Å². The van der Waals surface area contributed by atoms with E-state index in [1.54, 1.807) is 12.1 Å². The number of aromatic nitrogens is 4. The summed E-state index contributed by atoms with van der Waals surface area (Å²) < 4.78 is 29.1. The maximum atomic E-state index is 13.3. The Morgan fingerprint density at radius 2 is 1.59 bits per heavy atom. The molecule has 0 spiro atoms. The molecular formula is C23H21N5O2S2. The van der Waals surface area contributed by atoms with E-state index >= 15 is 0 Å². The molecular weight excluding hydrogens is 442 g/mol. The summed E-state index contributed by atoms with van der Waals surface area (Å²) in [6, 6.07) is 16.8. The Balaban J connectivity index is 1.64. The predicted octanol–water partition coefficient (Wildman–Crippen LogP) is 5.04. The van der Waals surface area contributed by atoms with Crippen molar-refractivity contribution >= 4 is 48.5 Å². The van der Waals surface area contributed by atoms with E-state index in [0.29, 0.717) is 5.82 Å². The molecule has 0 bridgehead atoms. The van der Waals surface area contributed by atoms with E-state index in [2.05, 4.69) is 39.7 Å².